The van der Waals surface area contributed by atoms with E-state index in [0.29, 0.717) is 5.69 Å². The third-order valence-corrected chi connectivity index (χ3v) is 4.01. The standard InChI is InChI=1S/C11H15F3N2S/c1-2-6-15-7-4-3-5-8-9(7)16-10(17-8)11(12,13)14/h7,15H,2-6H2,1H3. The van der Waals surface area contributed by atoms with Crippen LogP contribution < -0.4 is 5.32 Å². The summed E-state index contributed by atoms with van der Waals surface area (Å²) < 4.78 is 37.7. The van der Waals surface area contributed by atoms with Gasteiger partial charge in [0.05, 0.1) is 11.7 Å². The molecule has 1 unspecified atom stereocenters. The molecule has 0 fully saturated rings. The lowest BCUT2D eigenvalue weighted by molar-refractivity contribution is -0.137. The van der Waals surface area contributed by atoms with E-state index >= 15 is 0 Å². The van der Waals surface area contributed by atoms with Crippen molar-refractivity contribution in [2.45, 2.75) is 44.8 Å². The van der Waals surface area contributed by atoms with E-state index in [2.05, 4.69) is 10.3 Å². The van der Waals surface area contributed by atoms with E-state index in [-0.39, 0.29) is 6.04 Å². The second kappa shape index (κ2) is 4.94. The summed E-state index contributed by atoms with van der Waals surface area (Å²) in [6.45, 7) is 2.86. The molecule has 1 aliphatic rings. The van der Waals surface area contributed by atoms with Crippen LogP contribution in [0.5, 0.6) is 0 Å². The van der Waals surface area contributed by atoms with Crippen molar-refractivity contribution in [2.24, 2.45) is 0 Å². The summed E-state index contributed by atoms with van der Waals surface area (Å²) in [7, 11) is 0. The highest BCUT2D eigenvalue weighted by molar-refractivity contribution is 7.11. The molecule has 96 valence electrons. The molecule has 0 aromatic carbocycles. The number of alkyl halides is 3. The van der Waals surface area contributed by atoms with Gasteiger partial charge in [-0.25, -0.2) is 4.98 Å². The van der Waals surface area contributed by atoms with Crippen LogP contribution in [0.1, 0.15) is 47.8 Å². The Morgan fingerprint density at radius 3 is 2.88 bits per heavy atom. The van der Waals surface area contributed by atoms with Crippen molar-refractivity contribution >= 4 is 11.3 Å². The molecule has 0 saturated heterocycles. The van der Waals surface area contributed by atoms with E-state index < -0.39 is 11.2 Å². The first-order valence-corrected chi connectivity index (χ1v) is 6.64. The molecule has 0 aliphatic heterocycles. The summed E-state index contributed by atoms with van der Waals surface area (Å²) in [6, 6.07) is 0.00560. The van der Waals surface area contributed by atoms with Gasteiger partial charge in [-0.15, -0.1) is 11.3 Å². The van der Waals surface area contributed by atoms with Gasteiger partial charge in [0, 0.05) is 4.88 Å². The van der Waals surface area contributed by atoms with Gasteiger partial charge in [-0.2, -0.15) is 13.2 Å². The van der Waals surface area contributed by atoms with Crippen LogP contribution in [-0.4, -0.2) is 11.5 Å². The number of rotatable bonds is 3. The Balaban J connectivity index is 2.22. The van der Waals surface area contributed by atoms with Crippen molar-refractivity contribution in [1.82, 2.24) is 10.3 Å². The minimum atomic E-state index is -4.31. The van der Waals surface area contributed by atoms with Crippen LogP contribution in [0.3, 0.4) is 0 Å². The number of thiazole rings is 1. The Hall–Kier alpha value is -0.620. The molecule has 1 atom stereocenters. The largest absolute Gasteiger partial charge is 0.443 e. The molecule has 1 aromatic rings. The highest BCUT2D eigenvalue weighted by atomic mass is 32.1. The summed E-state index contributed by atoms with van der Waals surface area (Å²) in [6.07, 6.45) is -0.783. The highest BCUT2D eigenvalue weighted by Crippen LogP contribution is 2.39. The number of nitrogens with zero attached hydrogens (tertiary/aromatic N) is 1. The van der Waals surface area contributed by atoms with Crippen LogP contribution >= 0.6 is 11.3 Å². The minimum absolute atomic E-state index is 0.00560. The molecule has 2 nitrogen and oxygen atoms in total. The zero-order valence-corrected chi connectivity index (χ0v) is 10.4. The molecule has 0 amide bonds. The van der Waals surface area contributed by atoms with Crippen molar-refractivity contribution in [3.05, 3.63) is 15.6 Å². The maximum Gasteiger partial charge on any atom is 0.443 e. The Labute approximate surface area is 102 Å². The quantitative estimate of drug-likeness (QED) is 0.903. The average Bonchev–Trinajstić information content (AvgIpc) is 2.70. The topological polar surface area (TPSA) is 24.9 Å². The Bertz CT molecular complexity index is 387. The molecule has 1 aliphatic carbocycles. The van der Waals surface area contributed by atoms with Gasteiger partial charge >= 0.3 is 6.18 Å². The number of aryl methyl sites for hydroxylation is 1. The smallest absolute Gasteiger partial charge is 0.309 e. The van der Waals surface area contributed by atoms with Crippen LogP contribution in [0.25, 0.3) is 0 Å². The average molecular weight is 264 g/mol. The number of halogens is 3. The van der Waals surface area contributed by atoms with Crippen molar-refractivity contribution in [2.75, 3.05) is 6.54 Å². The summed E-state index contributed by atoms with van der Waals surface area (Å²) in [5.41, 5.74) is 0.627. The van der Waals surface area contributed by atoms with Gasteiger partial charge in [0.25, 0.3) is 0 Å². The van der Waals surface area contributed by atoms with Crippen LogP contribution in [0.2, 0.25) is 0 Å². The first kappa shape index (κ1) is 12.8. The predicted octanol–water partition coefficient (Wildman–Crippen LogP) is 3.54. The Morgan fingerprint density at radius 1 is 1.47 bits per heavy atom. The van der Waals surface area contributed by atoms with E-state index in [1.807, 2.05) is 6.92 Å². The molecule has 2 rings (SSSR count). The van der Waals surface area contributed by atoms with E-state index in [9.17, 15) is 13.2 Å². The maximum atomic E-state index is 12.6. The van der Waals surface area contributed by atoms with Crippen molar-refractivity contribution in [3.63, 3.8) is 0 Å². The Kier molecular flexibility index (Phi) is 3.73. The van der Waals surface area contributed by atoms with Crippen LogP contribution in [0, 0.1) is 0 Å². The Morgan fingerprint density at radius 2 is 2.24 bits per heavy atom. The van der Waals surface area contributed by atoms with Crippen LogP contribution in [0.15, 0.2) is 0 Å². The van der Waals surface area contributed by atoms with E-state index in [1.54, 1.807) is 0 Å². The molecular weight excluding hydrogens is 249 g/mol. The summed E-state index contributed by atoms with van der Waals surface area (Å²) in [5, 5.41) is 2.57. The number of nitrogens with one attached hydrogen (secondary N) is 1. The minimum Gasteiger partial charge on any atom is -0.309 e. The van der Waals surface area contributed by atoms with Gasteiger partial charge in [0.15, 0.2) is 5.01 Å². The molecule has 1 aromatic heterocycles. The molecule has 0 saturated carbocycles. The zero-order chi connectivity index (χ0) is 12.5. The SMILES string of the molecule is CCCNC1CCCc2sc(C(F)(F)F)nc21. The van der Waals surface area contributed by atoms with Crippen LogP contribution in [0.4, 0.5) is 13.2 Å². The number of hydrogen-bond acceptors (Lipinski definition) is 3. The van der Waals surface area contributed by atoms with Crippen molar-refractivity contribution in [3.8, 4) is 0 Å². The maximum absolute atomic E-state index is 12.6. The molecule has 0 radical (unpaired) electrons. The summed E-state index contributed by atoms with van der Waals surface area (Å²) in [4.78, 5) is 4.59. The summed E-state index contributed by atoms with van der Waals surface area (Å²) in [5.74, 6) is 0. The fraction of sp³-hybridized carbons (Fsp3) is 0.727. The number of aromatic nitrogens is 1. The van der Waals surface area contributed by atoms with E-state index in [4.69, 9.17) is 0 Å². The predicted molar refractivity (Wildman–Crippen MR) is 61.1 cm³/mol. The molecule has 6 heteroatoms. The van der Waals surface area contributed by atoms with Crippen molar-refractivity contribution < 1.29 is 13.2 Å². The van der Waals surface area contributed by atoms with Crippen molar-refractivity contribution in [1.29, 1.82) is 0 Å². The normalized spacial score (nSPS) is 20.4. The lowest BCUT2D eigenvalue weighted by Gasteiger charge is -2.22. The first-order valence-electron chi connectivity index (χ1n) is 5.82. The monoisotopic (exact) mass is 264 g/mol. The number of hydrogen-bond donors (Lipinski definition) is 1. The van der Waals surface area contributed by atoms with Crippen LogP contribution in [-0.2, 0) is 12.6 Å². The third-order valence-electron chi connectivity index (χ3n) is 2.84. The van der Waals surface area contributed by atoms with Gasteiger partial charge in [-0.1, -0.05) is 6.92 Å². The number of fused-ring (bicyclic) bond motifs is 1. The summed E-state index contributed by atoms with van der Waals surface area (Å²) >= 11 is 0.803. The fourth-order valence-corrected chi connectivity index (χ4v) is 3.09. The molecule has 17 heavy (non-hydrogen) atoms. The van der Waals surface area contributed by atoms with Gasteiger partial charge in [-0.3, -0.25) is 0 Å². The second-order valence-corrected chi connectivity index (χ2v) is 5.31. The third kappa shape index (κ3) is 2.80. The fourth-order valence-electron chi connectivity index (χ4n) is 2.06. The second-order valence-electron chi connectivity index (χ2n) is 4.22. The van der Waals surface area contributed by atoms with Gasteiger partial charge in [0.1, 0.15) is 0 Å². The molecule has 0 spiro atoms. The molecular formula is C11H15F3N2S. The lowest BCUT2D eigenvalue weighted by atomic mass is 9.97. The molecule has 1 N–H and O–H groups in total. The van der Waals surface area contributed by atoms with Gasteiger partial charge in [-0.05, 0) is 32.2 Å². The van der Waals surface area contributed by atoms with Gasteiger partial charge in [0.2, 0.25) is 0 Å². The zero-order valence-electron chi connectivity index (χ0n) is 9.60. The highest BCUT2D eigenvalue weighted by Gasteiger charge is 2.37. The molecule has 0 bridgehead atoms. The lowest BCUT2D eigenvalue weighted by Crippen LogP contribution is -2.25. The van der Waals surface area contributed by atoms with E-state index in [1.165, 1.54) is 0 Å². The van der Waals surface area contributed by atoms with E-state index in [0.717, 1.165) is 48.4 Å². The first-order chi connectivity index (χ1) is 8.02. The molecule has 1 heterocycles. The van der Waals surface area contributed by atoms with Gasteiger partial charge < -0.3 is 5.32 Å².